The van der Waals surface area contributed by atoms with E-state index in [4.69, 9.17) is 5.11 Å². The van der Waals surface area contributed by atoms with Crippen molar-refractivity contribution in [3.8, 4) is 0 Å². The van der Waals surface area contributed by atoms with E-state index in [0.29, 0.717) is 26.2 Å². The van der Waals surface area contributed by atoms with Crippen molar-refractivity contribution in [1.82, 2.24) is 15.2 Å². The molecule has 0 radical (unpaired) electrons. The molecular formula is C15H22N4O3. The molecule has 1 aliphatic heterocycles. The van der Waals surface area contributed by atoms with Crippen LogP contribution in [0.2, 0.25) is 0 Å². The number of aliphatic hydroxyl groups excluding tert-OH is 1. The Kier molecular flexibility index (Phi) is 4.97. The van der Waals surface area contributed by atoms with E-state index < -0.39 is 17.4 Å². The first kappa shape index (κ1) is 16.2. The molecule has 2 N–H and O–H groups in total. The van der Waals surface area contributed by atoms with Crippen molar-refractivity contribution >= 4 is 17.6 Å². The molecule has 0 spiro atoms. The molecule has 0 saturated carbocycles. The number of carbonyl (C=O) groups is 2. The van der Waals surface area contributed by atoms with Crippen molar-refractivity contribution in [2.24, 2.45) is 0 Å². The molecule has 1 aliphatic rings. The number of nitrogens with zero attached hydrogens (tertiary/aromatic N) is 3. The molecule has 2 amide bonds. The van der Waals surface area contributed by atoms with E-state index in [1.807, 2.05) is 18.2 Å². The van der Waals surface area contributed by atoms with E-state index >= 15 is 0 Å². The Morgan fingerprint density at radius 2 is 1.95 bits per heavy atom. The molecule has 2 rings (SSSR count). The smallest absolute Gasteiger partial charge is 0.312 e. The maximum absolute atomic E-state index is 12.1. The Labute approximate surface area is 129 Å². The largest absolute Gasteiger partial charge is 0.394 e. The SMILES string of the molecule is CC(C)(CO)NC(=O)C(=O)N1CCN(c2ccccn2)CC1. The third kappa shape index (κ3) is 3.94. The maximum Gasteiger partial charge on any atom is 0.312 e. The zero-order valence-corrected chi connectivity index (χ0v) is 13.0. The van der Waals surface area contributed by atoms with Gasteiger partial charge < -0.3 is 20.2 Å². The van der Waals surface area contributed by atoms with Gasteiger partial charge in [-0.1, -0.05) is 6.07 Å². The first-order chi connectivity index (χ1) is 10.4. The number of rotatable bonds is 3. The zero-order valence-electron chi connectivity index (χ0n) is 13.0. The molecule has 0 aromatic carbocycles. The zero-order chi connectivity index (χ0) is 16.2. The average Bonchev–Trinajstić information content (AvgIpc) is 2.55. The highest BCUT2D eigenvalue weighted by atomic mass is 16.3. The Bertz CT molecular complexity index is 525. The summed E-state index contributed by atoms with van der Waals surface area (Å²) in [5.74, 6) is -0.354. The number of anilines is 1. The molecule has 0 aliphatic carbocycles. The average molecular weight is 306 g/mol. The third-order valence-electron chi connectivity index (χ3n) is 3.58. The Morgan fingerprint density at radius 1 is 1.27 bits per heavy atom. The fourth-order valence-electron chi connectivity index (χ4n) is 2.22. The van der Waals surface area contributed by atoms with Crippen LogP contribution in [0.1, 0.15) is 13.8 Å². The topological polar surface area (TPSA) is 85.8 Å². The molecule has 1 aromatic heterocycles. The van der Waals surface area contributed by atoms with E-state index in [-0.39, 0.29) is 6.61 Å². The third-order valence-corrected chi connectivity index (χ3v) is 3.58. The van der Waals surface area contributed by atoms with Crippen LogP contribution in [-0.2, 0) is 9.59 Å². The van der Waals surface area contributed by atoms with Gasteiger partial charge in [0.2, 0.25) is 0 Å². The van der Waals surface area contributed by atoms with Gasteiger partial charge in [-0.3, -0.25) is 9.59 Å². The molecular weight excluding hydrogens is 284 g/mol. The number of pyridine rings is 1. The normalized spacial score (nSPS) is 15.6. The number of aromatic nitrogens is 1. The summed E-state index contributed by atoms with van der Waals surface area (Å²) in [4.78, 5) is 32.0. The number of hydrogen-bond acceptors (Lipinski definition) is 5. The van der Waals surface area contributed by atoms with Crippen LogP contribution >= 0.6 is 0 Å². The summed E-state index contributed by atoms with van der Waals surface area (Å²) < 4.78 is 0. The molecule has 2 heterocycles. The Morgan fingerprint density at radius 3 is 2.50 bits per heavy atom. The monoisotopic (exact) mass is 306 g/mol. The van der Waals surface area contributed by atoms with Gasteiger partial charge in [-0.2, -0.15) is 0 Å². The highest BCUT2D eigenvalue weighted by Crippen LogP contribution is 2.12. The van der Waals surface area contributed by atoms with E-state index in [2.05, 4.69) is 15.2 Å². The predicted octanol–water partition coefficient (Wildman–Crippen LogP) is -0.383. The number of aliphatic hydroxyl groups is 1. The first-order valence-corrected chi connectivity index (χ1v) is 7.31. The minimum atomic E-state index is -0.803. The van der Waals surface area contributed by atoms with Gasteiger partial charge in [0.1, 0.15) is 5.82 Å². The van der Waals surface area contributed by atoms with Crippen molar-refractivity contribution in [2.75, 3.05) is 37.7 Å². The second-order valence-corrected chi connectivity index (χ2v) is 5.96. The predicted molar refractivity (Wildman–Crippen MR) is 82.3 cm³/mol. The summed E-state index contributed by atoms with van der Waals surface area (Å²) >= 11 is 0. The van der Waals surface area contributed by atoms with Gasteiger partial charge in [0, 0.05) is 32.4 Å². The van der Waals surface area contributed by atoms with Crippen LogP contribution in [0.15, 0.2) is 24.4 Å². The van der Waals surface area contributed by atoms with Gasteiger partial charge >= 0.3 is 11.8 Å². The number of amides is 2. The fraction of sp³-hybridized carbons (Fsp3) is 0.533. The standard InChI is InChI=1S/C15H22N4O3/c1-15(2,11-20)17-13(21)14(22)19-9-7-18(8-10-19)12-5-3-4-6-16-12/h3-6,20H,7-11H2,1-2H3,(H,17,21). The van der Waals surface area contributed by atoms with Crippen molar-refractivity contribution in [3.05, 3.63) is 24.4 Å². The first-order valence-electron chi connectivity index (χ1n) is 7.31. The molecule has 1 aromatic rings. The number of nitrogens with one attached hydrogen (secondary N) is 1. The van der Waals surface area contributed by atoms with Crippen LogP contribution < -0.4 is 10.2 Å². The van der Waals surface area contributed by atoms with E-state index in [9.17, 15) is 9.59 Å². The summed E-state index contributed by atoms with van der Waals surface area (Å²) in [6.07, 6.45) is 1.73. The lowest BCUT2D eigenvalue weighted by atomic mass is 10.1. The Hall–Kier alpha value is -2.15. The van der Waals surface area contributed by atoms with Gasteiger partial charge in [-0.15, -0.1) is 0 Å². The van der Waals surface area contributed by atoms with E-state index in [1.165, 1.54) is 4.90 Å². The number of carbonyl (C=O) groups excluding carboxylic acids is 2. The molecule has 7 nitrogen and oxygen atoms in total. The molecule has 1 saturated heterocycles. The van der Waals surface area contributed by atoms with Crippen LogP contribution in [0.3, 0.4) is 0 Å². The second kappa shape index (κ2) is 6.74. The van der Waals surface area contributed by atoms with Crippen LogP contribution in [0.4, 0.5) is 5.82 Å². The molecule has 22 heavy (non-hydrogen) atoms. The van der Waals surface area contributed by atoms with Crippen molar-refractivity contribution < 1.29 is 14.7 Å². The lowest BCUT2D eigenvalue weighted by molar-refractivity contribution is -0.147. The van der Waals surface area contributed by atoms with Crippen molar-refractivity contribution in [1.29, 1.82) is 0 Å². The molecule has 7 heteroatoms. The summed E-state index contributed by atoms with van der Waals surface area (Å²) in [6.45, 7) is 5.33. The van der Waals surface area contributed by atoms with Gasteiger partial charge in [0.15, 0.2) is 0 Å². The van der Waals surface area contributed by atoms with Crippen LogP contribution in [0.25, 0.3) is 0 Å². The lowest BCUT2D eigenvalue weighted by Crippen LogP contribution is -2.56. The molecule has 1 fully saturated rings. The minimum Gasteiger partial charge on any atom is -0.394 e. The highest BCUT2D eigenvalue weighted by Gasteiger charge is 2.29. The van der Waals surface area contributed by atoms with E-state index in [0.717, 1.165) is 5.82 Å². The van der Waals surface area contributed by atoms with Gasteiger partial charge in [0.25, 0.3) is 0 Å². The van der Waals surface area contributed by atoms with Crippen LogP contribution in [0.5, 0.6) is 0 Å². The minimum absolute atomic E-state index is 0.223. The number of hydrogen-bond donors (Lipinski definition) is 2. The Balaban J connectivity index is 1.88. The summed E-state index contributed by atoms with van der Waals surface area (Å²) in [5.41, 5.74) is -0.803. The van der Waals surface area contributed by atoms with Gasteiger partial charge in [-0.25, -0.2) is 4.98 Å². The highest BCUT2D eigenvalue weighted by molar-refractivity contribution is 6.35. The maximum atomic E-state index is 12.1. The van der Waals surface area contributed by atoms with Crippen molar-refractivity contribution in [2.45, 2.75) is 19.4 Å². The quantitative estimate of drug-likeness (QED) is 0.743. The number of piperazine rings is 1. The summed E-state index contributed by atoms with van der Waals surface area (Å²) in [6, 6.07) is 5.70. The van der Waals surface area contributed by atoms with Crippen LogP contribution in [0, 0.1) is 0 Å². The molecule has 0 unspecified atom stereocenters. The van der Waals surface area contributed by atoms with Crippen LogP contribution in [-0.4, -0.2) is 65.1 Å². The summed E-state index contributed by atoms with van der Waals surface area (Å²) in [7, 11) is 0. The molecule has 120 valence electrons. The van der Waals surface area contributed by atoms with Gasteiger partial charge in [0.05, 0.1) is 12.1 Å². The van der Waals surface area contributed by atoms with E-state index in [1.54, 1.807) is 20.0 Å². The molecule has 0 bridgehead atoms. The second-order valence-electron chi connectivity index (χ2n) is 5.96. The fourth-order valence-corrected chi connectivity index (χ4v) is 2.22. The lowest BCUT2D eigenvalue weighted by Gasteiger charge is -2.35. The summed E-state index contributed by atoms with van der Waals surface area (Å²) in [5, 5.41) is 11.7. The van der Waals surface area contributed by atoms with Crippen molar-refractivity contribution in [3.63, 3.8) is 0 Å². The molecule has 0 atom stereocenters. The van der Waals surface area contributed by atoms with Gasteiger partial charge in [-0.05, 0) is 26.0 Å².